The molecule has 3 nitrogen and oxygen atoms in total. The molecule has 0 spiro atoms. The highest BCUT2D eigenvalue weighted by molar-refractivity contribution is 5.84. The lowest BCUT2D eigenvalue weighted by atomic mass is 9.93. The molecule has 0 bridgehead atoms. The van der Waals surface area contributed by atoms with Crippen LogP contribution in [0, 0.1) is 11.8 Å². The van der Waals surface area contributed by atoms with E-state index in [0.29, 0.717) is 6.61 Å². The maximum atomic E-state index is 11.1. The second-order valence-electron chi connectivity index (χ2n) is 2.94. The quantitative estimate of drug-likeness (QED) is 0.602. The predicted molar refractivity (Wildman–Crippen MR) is 45.6 cm³/mol. The molecular weight excluding hydrogens is 156 g/mol. The number of carbonyl (C=O) groups excluding carboxylic acids is 2. The number of hydrogen-bond acceptors (Lipinski definition) is 3. The minimum absolute atomic E-state index is 0.0237. The minimum Gasteiger partial charge on any atom is -0.466 e. The fourth-order valence-corrected chi connectivity index (χ4v) is 0.830. The molecule has 0 aliphatic rings. The Hall–Kier alpha value is -0.860. The van der Waals surface area contributed by atoms with E-state index in [0.717, 1.165) is 0 Å². The normalized spacial score (nSPS) is 15.0. The number of hydrogen-bond donors (Lipinski definition) is 0. The smallest absolute Gasteiger partial charge is 0.309 e. The molecule has 0 aromatic rings. The zero-order chi connectivity index (χ0) is 9.72. The maximum Gasteiger partial charge on any atom is 0.309 e. The standard InChI is InChI=1S/C9H16O3/c1-5-12-9(11)7(3)6(2)8(4)10/h6-7H,5H2,1-4H3/t6-,7-/m0/s1. The van der Waals surface area contributed by atoms with Gasteiger partial charge in [-0.05, 0) is 13.8 Å². The van der Waals surface area contributed by atoms with Crippen molar-refractivity contribution in [1.82, 2.24) is 0 Å². The van der Waals surface area contributed by atoms with Crippen LogP contribution in [0.3, 0.4) is 0 Å². The number of ether oxygens (including phenoxy) is 1. The molecule has 0 aromatic carbocycles. The van der Waals surface area contributed by atoms with Crippen LogP contribution in [-0.2, 0) is 14.3 Å². The van der Waals surface area contributed by atoms with Crippen LogP contribution in [0.25, 0.3) is 0 Å². The van der Waals surface area contributed by atoms with Crippen molar-refractivity contribution in [3.8, 4) is 0 Å². The van der Waals surface area contributed by atoms with E-state index in [-0.39, 0.29) is 23.6 Å². The van der Waals surface area contributed by atoms with Crippen LogP contribution in [0.1, 0.15) is 27.7 Å². The van der Waals surface area contributed by atoms with Gasteiger partial charge in [-0.1, -0.05) is 13.8 Å². The molecule has 0 fully saturated rings. The van der Waals surface area contributed by atoms with E-state index in [4.69, 9.17) is 4.74 Å². The van der Waals surface area contributed by atoms with Crippen LogP contribution < -0.4 is 0 Å². The lowest BCUT2D eigenvalue weighted by Gasteiger charge is -2.14. The van der Waals surface area contributed by atoms with E-state index in [2.05, 4.69) is 0 Å². The maximum absolute atomic E-state index is 11.1. The van der Waals surface area contributed by atoms with Crippen molar-refractivity contribution in [2.24, 2.45) is 11.8 Å². The molecule has 0 heterocycles. The summed E-state index contributed by atoms with van der Waals surface area (Å²) in [6, 6.07) is 0. The number of ketones is 1. The van der Waals surface area contributed by atoms with Crippen LogP contribution >= 0.6 is 0 Å². The minimum atomic E-state index is -0.331. The summed E-state index contributed by atoms with van der Waals surface area (Å²) in [4.78, 5) is 22.0. The summed E-state index contributed by atoms with van der Waals surface area (Å²) >= 11 is 0. The highest BCUT2D eigenvalue weighted by atomic mass is 16.5. The van der Waals surface area contributed by atoms with E-state index in [9.17, 15) is 9.59 Å². The molecule has 0 saturated heterocycles. The van der Waals surface area contributed by atoms with E-state index in [1.165, 1.54) is 6.92 Å². The van der Waals surface area contributed by atoms with Crippen LogP contribution in [0.15, 0.2) is 0 Å². The molecule has 0 unspecified atom stereocenters. The molecule has 0 saturated carbocycles. The van der Waals surface area contributed by atoms with E-state index < -0.39 is 0 Å². The van der Waals surface area contributed by atoms with Gasteiger partial charge in [0, 0.05) is 5.92 Å². The van der Waals surface area contributed by atoms with Gasteiger partial charge >= 0.3 is 5.97 Å². The number of Topliss-reactive ketones (excluding diaryl/α,β-unsaturated/α-hetero) is 1. The van der Waals surface area contributed by atoms with Crippen LogP contribution in [-0.4, -0.2) is 18.4 Å². The molecule has 0 amide bonds. The second kappa shape index (κ2) is 4.91. The summed E-state index contributed by atoms with van der Waals surface area (Å²) < 4.78 is 4.78. The SMILES string of the molecule is CCOC(=O)[C@@H](C)[C@H](C)C(C)=O. The molecule has 0 radical (unpaired) electrons. The van der Waals surface area contributed by atoms with Gasteiger partial charge in [0.1, 0.15) is 5.78 Å². The number of rotatable bonds is 4. The highest BCUT2D eigenvalue weighted by Gasteiger charge is 2.24. The van der Waals surface area contributed by atoms with Crippen LogP contribution in [0.5, 0.6) is 0 Å². The first-order valence-corrected chi connectivity index (χ1v) is 4.17. The summed E-state index contributed by atoms with van der Waals surface area (Å²) in [5.74, 6) is -0.845. The van der Waals surface area contributed by atoms with Gasteiger partial charge in [-0.2, -0.15) is 0 Å². The monoisotopic (exact) mass is 172 g/mol. The lowest BCUT2D eigenvalue weighted by molar-refractivity contribution is -0.151. The first-order chi connectivity index (χ1) is 5.50. The van der Waals surface area contributed by atoms with Gasteiger partial charge in [0.15, 0.2) is 0 Å². The molecular formula is C9H16O3. The Bertz CT molecular complexity index is 175. The zero-order valence-corrected chi connectivity index (χ0v) is 8.09. The van der Waals surface area contributed by atoms with Gasteiger partial charge in [0.05, 0.1) is 12.5 Å². The van der Waals surface area contributed by atoms with Crippen molar-refractivity contribution < 1.29 is 14.3 Å². The third-order valence-electron chi connectivity index (χ3n) is 2.05. The van der Waals surface area contributed by atoms with Crippen molar-refractivity contribution in [2.75, 3.05) is 6.61 Å². The molecule has 0 aliphatic carbocycles. The zero-order valence-electron chi connectivity index (χ0n) is 8.09. The summed E-state index contributed by atoms with van der Waals surface area (Å²) in [6.45, 7) is 7.06. The third kappa shape index (κ3) is 3.03. The lowest BCUT2D eigenvalue weighted by Crippen LogP contribution is -2.25. The second-order valence-corrected chi connectivity index (χ2v) is 2.94. The van der Waals surface area contributed by atoms with E-state index in [1.54, 1.807) is 20.8 Å². The molecule has 0 rings (SSSR count). The van der Waals surface area contributed by atoms with Crippen molar-refractivity contribution >= 4 is 11.8 Å². The molecule has 12 heavy (non-hydrogen) atoms. The van der Waals surface area contributed by atoms with Crippen molar-refractivity contribution in [1.29, 1.82) is 0 Å². The fourth-order valence-electron chi connectivity index (χ4n) is 0.830. The van der Waals surface area contributed by atoms with Crippen LogP contribution in [0.2, 0.25) is 0 Å². The Balaban J connectivity index is 4.09. The molecule has 70 valence electrons. The van der Waals surface area contributed by atoms with Crippen LogP contribution in [0.4, 0.5) is 0 Å². The highest BCUT2D eigenvalue weighted by Crippen LogP contribution is 2.13. The fraction of sp³-hybridized carbons (Fsp3) is 0.778. The first-order valence-electron chi connectivity index (χ1n) is 4.17. The molecule has 0 aliphatic heterocycles. The average Bonchev–Trinajstić information content (AvgIpc) is 2.02. The number of carbonyl (C=O) groups is 2. The molecule has 3 heteroatoms. The molecule has 0 N–H and O–H groups in total. The van der Waals surface area contributed by atoms with E-state index >= 15 is 0 Å². The summed E-state index contributed by atoms with van der Waals surface area (Å²) in [6.07, 6.45) is 0. The summed E-state index contributed by atoms with van der Waals surface area (Å²) in [7, 11) is 0. The predicted octanol–water partition coefficient (Wildman–Crippen LogP) is 1.41. The summed E-state index contributed by atoms with van der Waals surface area (Å²) in [5, 5.41) is 0. The van der Waals surface area contributed by atoms with Crippen molar-refractivity contribution in [2.45, 2.75) is 27.7 Å². The molecule has 2 atom stereocenters. The van der Waals surface area contributed by atoms with Gasteiger partial charge < -0.3 is 4.74 Å². The van der Waals surface area contributed by atoms with Gasteiger partial charge in [-0.3, -0.25) is 9.59 Å². The van der Waals surface area contributed by atoms with Crippen molar-refractivity contribution in [3.63, 3.8) is 0 Å². The van der Waals surface area contributed by atoms with E-state index in [1.807, 2.05) is 0 Å². The average molecular weight is 172 g/mol. The summed E-state index contributed by atoms with van der Waals surface area (Å²) in [5.41, 5.74) is 0. The van der Waals surface area contributed by atoms with Gasteiger partial charge in [-0.25, -0.2) is 0 Å². The van der Waals surface area contributed by atoms with Gasteiger partial charge in [0.25, 0.3) is 0 Å². The topological polar surface area (TPSA) is 43.4 Å². The Morgan fingerprint density at radius 2 is 1.75 bits per heavy atom. The molecule has 0 aromatic heterocycles. The number of esters is 1. The first kappa shape index (κ1) is 11.1. The Morgan fingerprint density at radius 1 is 1.25 bits per heavy atom. The Kier molecular flexibility index (Phi) is 4.55. The Labute approximate surface area is 73.1 Å². The third-order valence-corrected chi connectivity index (χ3v) is 2.05. The largest absolute Gasteiger partial charge is 0.466 e. The van der Waals surface area contributed by atoms with Crippen molar-refractivity contribution in [3.05, 3.63) is 0 Å². The van der Waals surface area contributed by atoms with Gasteiger partial charge in [0.2, 0.25) is 0 Å². The Morgan fingerprint density at radius 3 is 2.08 bits per heavy atom. The van der Waals surface area contributed by atoms with Gasteiger partial charge in [-0.15, -0.1) is 0 Å².